The van der Waals surface area contributed by atoms with E-state index in [0.29, 0.717) is 23.1 Å². The van der Waals surface area contributed by atoms with Crippen molar-refractivity contribution in [3.05, 3.63) is 52.6 Å². The second-order valence-corrected chi connectivity index (χ2v) is 8.69. The van der Waals surface area contributed by atoms with E-state index in [1.807, 2.05) is 39.8 Å². The summed E-state index contributed by atoms with van der Waals surface area (Å²) in [5.41, 5.74) is 1.17. The minimum atomic E-state index is -0.573. The molecule has 0 saturated heterocycles. The van der Waals surface area contributed by atoms with Crippen molar-refractivity contribution in [1.29, 1.82) is 0 Å². The fraction of sp³-hybridized carbons (Fsp3) is 0.429. The van der Waals surface area contributed by atoms with E-state index in [2.05, 4.69) is 32.4 Å². The largest absolute Gasteiger partial charge is 0.482 e. The van der Waals surface area contributed by atoms with Crippen LogP contribution in [0.25, 0.3) is 0 Å². The topological polar surface area (TPSA) is 77.0 Å². The maximum Gasteiger partial charge on any atom is 0.233 e. The molecule has 2 aromatic heterocycles. The molecule has 1 amide bonds. The standard InChI is InChI=1S/C21H24N4O2S/c1-12-14(3)28-20(24-12)25-19(26)17-10-21(17,16-8-6-5-7-9-16)27-18-11-22-15(4)23-13(18)2/h5-8,11,16-17H,9-10H2,1-4H3,(H,24,25,26)/t16?,17-,21+/m0/s1. The van der Waals surface area contributed by atoms with Gasteiger partial charge in [-0.1, -0.05) is 24.3 Å². The summed E-state index contributed by atoms with van der Waals surface area (Å²) < 4.78 is 6.45. The number of carbonyl (C=O) groups excluding carboxylic acids is 1. The molecule has 146 valence electrons. The SMILES string of the molecule is Cc1ncc(O[C@@]2(C3C=CC=CC3)C[C@H]2C(=O)Nc2nc(C)c(C)s2)c(C)n1. The highest BCUT2D eigenvalue weighted by Gasteiger charge is 2.64. The van der Waals surface area contributed by atoms with Crippen molar-refractivity contribution in [2.24, 2.45) is 11.8 Å². The summed E-state index contributed by atoms with van der Waals surface area (Å²) in [6.07, 6.45) is 11.5. The molecule has 2 aliphatic carbocycles. The number of hydrogen-bond acceptors (Lipinski definition) is 6. The number of hydrogen-bond donors (Lipinski definition) is 1. The van der Waals surface area contributed by atoms with E-state index in [4.69, 9.17) is 4.74 Å². The molecule has 0 aliphatic heterocycles. The lowest BCUT2D eigenvalue weighted by Crippen LogP contribution is -2.35. The van der Waals surface area contributed by atoms with Crippen LogP contribution in [0.4, 0.5) is 5.13 Å². The molecule has 6 nitrogen and oxygen atoms in total. The Kier molecular flexibility index (Phi) is 4.79. The number of aryl methyl sites for hydroxylation is 4. The van der Waals surface area contributed by atoms with Gasteiger partial charge in [0.25, 0.3) is 0 Å². The first kappa shape index (κ1) is 18.8. The Labute approximate surface area is 168 Å². The molecule has 28 heavy (non-hydrogen) atoms. The average Bonchev–Trinajstić information content (AvgIpc) is 3.32. The minimum Gasteiger partial charge on any atom is -0.482 e. The highest BCUT2D eigenvalue weighted by Crippen LogP contribution is 2.55. The van der Waals surface area contributed by atoms with Crippen LogP contribution in [0.3, 0.4) is 0 Å². The van der Waals surface area contributed by atoms with Crippen LogP contribution in [-0.2, 0) is 4.79 Å². The first-order valence-corrected chi connectivity index (χ1v) is 10.3. The van der Waals surface area contributed by atoms with E-state index < -0.39 is 5.60 Å². The van der Waals surface area contributed by atoms with E-state index in [9.17, 15) is 4.79 Å². The molecule has 2 heterocycles. The van der Waals surface area contributed by atoms with Gasteiger partial charge in [-0.3, -0.25) is 4.79 Å². The number of anilines is 1. The quantitative estimate of drug-likeness (QED) is 0.824. The molecule has 0 aromatic carbocycles. The lowest BCUT2D eigenvalue weighted by atomic mass is 9.90. The maximum atomic E-state index is 13.0. The molecule has 2 aromatic rings. The fourth-order valence-corrected chi connectivity index (χ4v) is 4.53. The van der Waals surface area contributed by atoms with Gasteiger partial charge in [-0.2, -0.15) is 0 Å². The van der Waals surface area contributed by atoms with Gasteiger partial charge in [0.1, 0.15) is 11.4 Å². The van der Waals surface area contributed by atoms with Crippen molar-refractivity contribution in [3.63, 3.8) is 0 Å². The monoisotopic (exact) mass is 396 g/mol. The molecule has 0 bridgehead atoms. The highest BCUT2D eigenvalue weighted by molar-refractivity contribution is 7.15. The third-order valence-electron chi connectivity index (χ3n) is 5.49. The summed E-state index contributed by atoms with van der Waals surface area (Å²) in [5, 5.41) is 3.63. The van der Waals surface area contributed by atoms with E-state index in [-0.39, 0.29) is 17.7 Å². The van der Waals surface area contributed by atoms with Crippen LogP contribution in [0.5, 0.6) is 5.75 Å². The van der Waals surface area contributed by atoms with Crippen molar-refractivity contribution in [3.8, 4) is 5.75 Å². The van der Waals surface area contributed by atoms with E-state index in [0.717, 1.165) is 22.7 Å². The zero-order valence-corrected chi connectivity index (χ0v) is 17.3. The predicted molar refractivity (Wildman–Crippen MR) is 110 cm³/mol. The third kappa shape index (κ3) is 3.46. The number of ether oxygens (including phenoxy) is 1. The summed E-state index contributed by atoms with van der Waals surface area (Å²) in [7, 11) is 0. The van der Waals surface area contributed by atoms with Crippen LogP contribution in [0.15, 0.2) is 30.5 Å². The van der Waals surface area contributed by atoms with Crippen LogP contribution in [0.2, 0.25) is 0 Å². The Hall–Kier alpha value is -2.54. The van der Waals surface area contributed by atoms with Gasteiger partial charge in [0.2, 0.25) is 5.91 Å². The molecule has 1 fully saturated rings. The zero-order chi connectivity index (χ0) is 19.9. The van der Waals surface area contributed by atoms with Crippen molar-refractivity contribution in [2.45, 2.75) is 46.1 Å². The van der Waals surface area contributed by atoms with Crippen LogP contribution in [0, 0.1) is 39.5 Å². The van der Waals surface area contributed by atoms with Crippen LogP contribution < -0.4 is 10.1 Å². The van der Waals surface area contributed by atoms with Gasteiger partial charge in [-0.25, -0.2) is 15.0 Å². The molecule has 2 aliphatic rings. The number of thiazole rings is 1. The summed E-state index contributed by atoms with van der Waals surface area (Å²) >= 11 is 1.50. The molecule has 1 unspecified atom stereocenters. The zero-order valence-electron chi connectivity index (χ0n) is 16.5. The Balaban J connectivity index is 1.57. The summed E-state index contributed by atoms with van der Waals surface area (Å²) in [5.74, 6) is 1.21. The van der Waals surface area contributed by atoms with Gasteiger partial charge in [0.15, 0.2) is 10.9 Å². The molecule has 0 spiro atoms. The van der Waals surface area contributed by atoms with Gasteiger partial charge in [-0.15, -0.1) is 11.3 Å². The summed E-state index contributed by atoms with van der Waals surface area (Å²) in [6.45, 7) is 7.72. The number of rotatable bonds is 5. The van der Waals surface area contributed by atoms with E-state index >= 15 is 0 Å². The van der Waals surface area contributed by atoms with Crippen LogP contribution in [0.1, 0.15) is 34.9 Å². The van der Waals surface area contributed by atoms with Crippen LogP contribution in [-0.4, -0.2) is 26.5 Å². The molecular weight excluding hydrogens is 372 g/mol. The fourth-order valence-electron chi connectivity index (χ4n) is 3.71. The number of nitrogens with zero attached hydrogens (tertiary/aromatic N) is 3. The van der Waals surface area contributed by atoms with E-state index in [1.165, 1.54) is 11.3 Å². The first-order valence-electron chi connectivity index (χ1n) is 9.46. The summed E-state index contributed by atoms with van der Waals surface area (Å²) in [6, 6.07) is 0. The van der Waals surface area contributed by atoms with Gasteiger partial charge < -0.3 is 10.1 Å². The Morgan fingerprint density at radius 3 is 2.68 bits per heavy atom. The number of aromatic nitrogens is 3. The second-order valence-electron chi connectivity index (χ2n) is 7.49. The molecule has 7 heteroatoms. The normalized spacial score (nSPS) is 25.6. The molecular formula is C21H24N4O2S. The lowest BCUT2D eigenvalue weighted by molar-refractivity contribution is -0.119. The summed E-state index contributed by atoms with van der Waals surface area (Å²) in [4.78, 5) is 27.2. The third-order valence-corrected chi connectivity index (χ3v) is 6.48. The Bertz CT molecular complexity index is 961. The average molecular weight is 397 g/mol. The van der Waals surface area contributed by atoms with Crippen molar-refractivity contribution in [1.82, 2.24) is 15.0 Å². The number of amides is 1. The predicted octanol–water partition coefficient (Wildman–Crippen LogP) is 4.08. The van der Waals surface area contributed by atoms with Crippen LogP contribution >= 0.6 is 11.3 Å². The first-order chi connectivity index (χ1) is 13.4. The second kappa shape index (κ2) is 7.13. The van der Waals surface area contributed by atoms with Gasteiger partial charge in [-0.05, 0) is 34.1 Å². The molecule has 3 atom stereocenters. The Morgan fingerprint density at radius 2 is 2.04 bits per heavy atom. The van der Waals surface area contributed by atoms with Crippen molar-refractivity contribution < 1.29 is 9.53 Å². The highest BCUT2D eigenvalue weighted by atomic mass is 32.1. The Morgan fingerprint density at radius 1 is 1.21 bits per heavy atom. The number of allylic oxidation sites excluding steroid dienone is 3. The van der Waals surface area contributed by atoms with Gasteiger partial charge in [0.05, 0.1) is 23.5 Å². The number of nitrogens with one attached hydrogen (secondary N) is 1. The lowest BCUT2D eigenvalue weighted by Gasteiger charge is -2.28. The molecule has 1 N–H and O–H groups in total. The minimum absolute atomic E-state index is 0.0395. The maximum absolute atomic E-state index is 13.0. The van der Waals surface area contributed by atoms with Gasteiger partial charge in [0, 0.05) is 17.2 Å². The molecule has 0 radical (unpaired) electrons. The van der Waals surface area contributed by atoms with Crippen molar-refractivity contribution >= 4 is 22.4 Å². The molecule has 4 rings (SSSR count). The van der Waals surface area contributed by atoms with E-state index in [1.54, 1.807) is 6.20 Å². The van der Waals surface area contributed by atoms with Crippen molar-refractivity contribution in [2.75, 3.05) is 5.32 Å². The molecule has 1 saturated carbocycles. The smallest absolute Gasteiger partial charge is 0.233 e. The number of carbonyl (C=O) groups is 1. The van der Waals surface area contributed by atoms with Gasteiger partial charge >= 0.3 is 0 Å².